The van der Waals surface area contributed by atoms with E-state index < -0.39 is 21.9 Å². The summed E-state index contributed by atoms with van der Waals surface area (Å²) in [5.41, 5.74) is 0.306. The van der Waals surface area contributed by atoms with E-state index in [-0.39, 0.29) is 4.21 Å². The second-order valence-corrected chi connectivity index (χ2v) is 7.76. The Hall–Kier alpha value is -1.75. The van der Waals surface area contributed by atoms with Crippen LogP contribution in [0.25, 0.3) is 0 Å². The number of sulfonamides is 1. The summed E-state index contributed by atoms with van der Waals surface area (Å²) in [5, 5.41) is 8.78. The first-order valence-corrected chi connectivity index (χ1v) is 8.36. The third-order valence-electron chi connectivity index (χ3n) is 3.23. The maximum atomic E-state index is 13.8. The maximum absolute atomic E-state index is 13.8. The van der Waals surface area contributed by atoms with Gasteiger partial charge in [0, 0.05) is 18.7 Å². The molecule has 4 nitrogen and oxygen atoms in total. The number of rotatable bonds is 4. The Kier molecular flexibility index (Phi) is 4.42. The highest BCUT2D eigenvalue weighted by Crippen LogP contribution is 2.30. The molecular formula is C14H13FN2O2S2. The first-order chi connectivity index (χ1) is 9.87. The minimum Gasteiger partial charge on any atom is -0.207 e. The van der Waals surface area contributed by atoms with Gasteiger partial charge in [-0.2, -0.15) is 9.57 Å². The van der Waals surface area contributed by atoms with E-state index in [9.17, 15) is 12.8 Å². The molecule has 0 amide bonds. The number of thiophene rings is 1. The van der Waals surface area contributed by atoms with E-state index in [4.69, 9.17) is 5.26 Å². The van der Waals surface area contributed by atoms with Gasteiger partial charge in [-0.25, -0.2) is 12.8 Å². The van der Waals surface area contributed by atoms with Gasteiger partial charge in [0.25, 0.3) is 10.0 Å². The number of halogens is 1. The van der Waals surface area contributed by atoms with Crippen molar-refractivity contribution >= 4 is 21.4 Å². The Balaban J connectivity index is 2.36. The minimum atomic E-state index is -3.76. The van der Waals surface area contributed by atoms with E-state index in [0.717, 1.165) is 15.6 Å². The minimum absolute atomic E-state index is 0.0738. The predicted octanol–water partition coefficient (Wildman–Crippen LogP) is 3.14. The standard InChI is InChI=1S/C14H13FN2O2S2/c1-10(12-5-3-4-6-13(12)15)17(2)21(18,19)14-8-7-11(9-16)20-14/h3-8,10H,1-2H3. The van der Waals surface area contributed by atoms with Crippen LogP contribution in [0.5, 0.6) is 0 Å². The summed E-state index contributed by atoms with van der Waals surface area (Å²) < 4.78 is 40.0. The quantitative estimate of drug-likeness (QED) is 0.868. The molecule has 2 aromatic rings. The summed E-state index contributed by atoms with van der Waals surface area (Å²) in [5.74, 6) is -0.448. The van der Waals surface area contributed by atoms with Crippen LogP contribution in [0.1, 0.15) is 23.4 Å². The van der Waals surface area contributed by atoms with Gasteiger partial charge in [-0.15, -0.1) is 11.3 Å². The summed E-state index contributed by atoms with van der Waals surface area (Å²) >= 11 is 0.900. The molecule has 0 aliphatic carbocycles. The molecule has 0 N–H and O–H groups in total. The largest absolute Gasteiger partial charge is 0.252 e. The van der Waals surface area contributed by atoms with E-state index >= 15 is 0 Å². The third-order valence-corrected chi connectivity index (χ3v) is 6.61. The number of benzene rings is 1. The lowest BCUT2D eigenvalue weighted by Crippen LogP contribution is -2.29. The van der Waals surface area contributed by atoms with E-state index in [2.05, 4.69) is 0 Å². The van der Waals surface area contributed by atoms with Crippen LogP contribution in [0.4, 0.5) is 4.39 Å². The molecule has 0 aliphatic heterocycles. The molecule has 0 saturated carbocycles. The molecule has 21 heavy (non-hydrogen) atoms. The highest BCUT2D eigenvalue weighted by atomic mass is 32.2. The Labute approximate surface area is 127 Å². The van der Waals surface area contributed by atoms with E-state index in [1.165, 1.54) is 25.2 Å². The zero-order chi connectivity index (χ0) is 15.6. The average molecular weight is 324 g/mol. The molecule has 1 unspecified atom stereocenters. The van der Waals surface area contributed by atoms with Crippen LogP contribution in [0.15, 0.2) is 40.6 Å². The van der Waals surface area contributed by atoms with E-state index in [1.54, 1.807) is 25.1 Å². The highest BCUT2D eigenvalue weighted by Gasteiger charge is 2.29. The average Bonchev–Trinajstić information content (AvgIpc) is 2.96. The molecular weight excluding hydrogens is 311 g/mol. The fourth-order valence-electron chi connectivity index (χ4n) is 1.88. The number of hydrogen-bond donors (Lipinski definition) is 0. The summed E-state index contributed by atoms with van der Waals surface area (Å²) in [6.07, 6.45) is 0. The van der Waals surface area contributed by atoms with Crippen LogP contribution >= 0.6 is 11.3 Å². The Morgan fingerprint density at radius 3 is 2.52 bits per heavy atom. The van der Waals surface area contributed by atoms with Crippen molar-refractivity contribution in [1.29, 1.82) is 5.26 Å². The molecule has 0 spiro atoms. The second-order valence-electron chi connectivity index (χ2n) is 4.45. The van der Waals surface area contributed by atoms with Crippen molar-refractivity contribution in [3.05, 3.63) is 52.7 Å². The van der Waals surface area contributed by atoms with Crippen LogP contribution in [0, 0.1) is 17.1 Å². The summed E-state index contributed by atoms with van der Waals surface area (Å²) in [4.78, 5) is 0.320. The van der Waals surface area contributed by atoms with Crippen molar-refractivity contribution in [2.24, 2.45) is 0 Å². The van der Waals surface area contributed by atoms with Gasteiger partial charge < -0.3 is 0 Å². The van der Waals surface area contributed by atoms with Crippen molar-refractivity contribution in [2.75, 3.05) is 7.05 Å². The van der Waals surface area contributed by atoms with Crippen molar-refractivity contribution in [3.63, 3.8) is 0 Å². The van der Waals surface area contributed by atoms with Crippen LogP contribution < -0.4 is 0 Å². The molecule has 0 radical (unpaired) electrons. The lowest BCUT2D eigenvalue weighted by atomic mass is 10.1. The zero-order valence-corrected chi connectivity index (χ0v) is 13.1. The molecule has 0 saturated heterocycles. The molecule has 1 aromatic carbocycles. The van der Waals surface area contributed by atoms with Crippen LogP contribution in [0.2, 0.25) is 0 Å². The number of nitrogens with zero attached hydrogens (tertiary/aromatic N) is 2. The Morgan fingerprint density at radius 2 is 1.95 bits per heavy atom. The highest BCUT2D eigenvalue weighted by molar-refractivity contribution is 7.91. The molecule has 110 valence electrons. The van der Waals surface area contributed by atoms with Crippen molar-refractivity contribution in [2.45, 2.75) is 17.2 Å². The molecule has 1 heterocycles. The Bertz CT molecular complexity index is 793. The van der Waals surface area contributed by atoms with Gasteiger partial charge in [-0.1, -0.05) is 18.2 Å². The first-order valence-electron chi connectivity index (χ1n) is 6.10. The topological polar surface area (TPSA) is 61.2 Å². The fraction of sp³-hybridized carbons (Fsp3) is 0.214. The van der Waals surface area contributed by atoms with E-state index in [0.29, 0.717) is 10.4 Å². The summed E-state index contributed by atoms with van der Waals surface area (Å²) in [6.45, 7) is 1.62. The van der Waals surface area contributed by atoms with Crippen LogP contribution in [0.3, 0.4) is 0 Å². The third kappa shape index (κ3) is 2.97. The lowest BCUT2D eigenvalue weighted by Gasteiger charge is -2.24. The molecule has 0 aliphatic rings. The first kappa shape index (κ1) is 15.6. The van der Waals surface area contributed by atoms with Gasteiger partial charge in [0.2, 0.25) is 0 Å². The van der Waals surface area contributed by atoms with Gasteiger partial charge in [-0.3, -0.25) is 0 Å². The Morgan fingerprint density at radius 1 is 1.29 bits per heavy atom. The van der Waals surface area contributed by atoms with Gasteiger partial charge in [0.15, 0.2) is 0 Å². The molecule has 1 atom stereocenters. The van der Waals surface area contributed by atoms with Gasteiger partial charge >= 0.3 is 0 Å². The molecule has 2 rings (SSSR count). The van der Waals surface area contributed by atoms with Crippen LogP contribution in [-0.2, 0) is 10.0 Å². The number of nitriles is 1. The van der Waals surface area contributed by atoms with Crippen molar-refractivity contribution in [3.8, 4) is 6.07 Å². The predicted molar refractivity (Wildman–Crippen MR) is 78.8 cm³/mol. The lowest BCUT2D eigenvalue weighted by molar-refractivity contribution is 0.388. The number of hydrogen-bond acceptors (Lipinski definition) is 4. The van der Waals surface area contributed by atoms with Gasteiger partial charge in [-0.05, 0) is 25.1 Å². The van der Waals surface area contributed by atoms with Gasteiger partial charge in [0.1, 0.15) is 21.0 Å². The summed E-state index contributed by atoms with van der Waals surface area (Å²) in [6, 6.07) is 10.2. The smallest absolute Gasteiger partial charge is 0.207 e. The fourth-order valence-corrected chi connectivity index (χ4v) is 4.51. The van der Waals surface area contributed by atoms with Gasteiger partial charge in [0.05, 0.1) is 0 Å². The second kappa shape index (κ2) is 5.93. The summed E-state index contributed by atoms with van der Waals surface area (Å²) in [7, 11) is -2.36. The normalized spacial score (nSPS) is 13.1. The maximum Gasteiger partial charge on any atom is 0.252 e. The van der Waals surface area contributed by atoms with Crippen LogP contribution in [-0.4, -0.2) is 19.8 Å². The van der Waals surface area contributed by atoms with E-state index in [1.807, 2.05) is 6.07 Å². The monoisotopic (exact) mass is 324 g/mol. The molecule has 1 aromatic heterocycles. The SMILES string of the molecule is CC(c1ccccc1F)N(C)S(=O)(=O)c1ccc(C#N)s1. The van der Waals surface area contributed by atoms with Crippen molar-refractivity contribution in [1.82, 2.24) is 4.31 Å². The molecule has 0 bridgehead atoms. The zero-order valence-electron chi connectivity index (χ0n) is 11.4. The van der Waals surface area contributed by atoms with Crippen molar-refractivity contribution < 1.29 is 12.8 Å². The molecule has 7 heteroatoms. The molecule has 0 fully saturated rings.